The molecule has 6 nitrogen and oxygen atoms in total. The average Bonchev–Trinajstić information content (AvgIpc) is 1.82. The van der Waals surface area contributed by atoms with Gasteiger partial charge in [0.2, 0.25) is 0 Å². The molecule has 74 valence electrons. The standard InChI is InChI=1S/C6H7ClO6/c7-6(5(12)13,1-3(8)9)2-4(10)11/h1-2H2,(H,8,9)(H,10,11)(H,12,13). The number of hydrogen-bond acceptors (Lipinski definition) is 3. The van der Waals surface area contributed by atoms with Gasteiger partial charge >= 0.3 is 17.9 Å². The van der Waals surface area contributed by atoms with Crippen molar-refractivity contribution in [2.45, 2.75) is 17.7 Å². The van der Waals surface area contributed by atoms with Crippen molar-refractivity contribution in [2.24, 2.45) is 0 Å². The molecule has 0 aromatic heterocycles. The van der Waals surface area contributed by atoms with Crippen LogP contribution in [0.4, 0.5) is 0 Å². The van der Waals surface area contributed by atoms with Crippen LogP contribution in [0.25, 0.3) is 0 Å². The SMILES string of the molecule is O=C(O)CC(Cl)(CC(=O)O)C(=O)O. The van der Waals surface area contributed by atoms with Gasteiger partial charge in [-0.25, -0.2) is 0 Å². The van der Waals surface area contributed by atoms with Crippen LogP contribution in [0.2, 0.25) is 0 Å². The van der Waals surface area contributed by atoms with Gasteiger partial charge < -0.3 is 15.3 Å². The van der Waals surface area contributed by atoms with Crippen LogP contribution in [0.5, 0.6) is 0 Å². The van der Waals surface area contributed by atoms with Gasteiger partial charge in [0.15, 0.2) is 4.87 Å². The Kier molecular flexibility index (Phi) is 3.68. The second-order valence-corrected chi connectivity index (χ2v) is 3.13. The number of hydrogen-bond donors (Lipinski definition) is 3. The van der Waals surface area contributed by atoms with E-state index in [0.717, 1.165) is 0 Å². The van der Waals surface area contributed by atoms with E-state index >= 15 is 0 Å². The zero-order valence-electron chi connectivity index (χ0n) is 6.36. The molecule has 0 heterocycles. The lowest BCUT2D eigenvalue weighted by Gasteiger charge is -2.16. The van der Waals surface area contributed by atoms with Gasteiger partial charge in [-0.3, -0.25) is 14.4 Å². The molecular formula is C6H7ClO6. The largest absolute Gasteiger partial charge is 0.481 e. The zero-order valence-corrected chi connectivity index (χ0v) is 7.11. The number of rotatable bonds is 5. The highest BCUT2D eigenvalue weighted by Gasteiger charge is 2.41. The van der Waals surface area contributed by atoms with Crippen LogP contribution in [0.3, 0.4) is 0 Å². The highest BCUT2D eigenvalue weighted by Crippen LogP contribution is 2.24. The van der Waals surface area contributed by atoms with E-state index in [1.54, 1.807) is 0 Å². The molecule has 0 aliphatic heterocycles. The summed E-state index contributed by atoms with van der Waals surface area (Å²) in [7, 11) is 0. The van der Waals surface area contributed by atoms with E-state index in [-0.39, 0.29) is 0 Å². The summed E-state index contributed by atoms with van der Waals surface area (Å²) in [4.78, 5) is 28.5. The van der Waals surface area contributed by atoms with E-state index in [9.17, 15) is 14.4 Å². The average molecular weight is 211 g/mol. The molecule has 0 fully saturated rings. The zero-order chi connectivity index (χ0) is 10.6. The van der Waals surface area contributed by atoms with Crippen molar-refractivity contribution in [2.75, 3.05) is 0 Å². The van der Waals surface area contributed by atoms with Crippen molar-refractivity contribution in [1.82, 2.24) is 0 Å². The Morgan fingerprint density at radius 3 is 1.46 bits per heavy atom. The maximum absolute atomic E-state index is 10.4. The van der Waals surface area contributed by atoms with Crippen LogP contribution in [-0.2, 0) is 14.4 Å². The van der Waals surface area contributed by atoms with Gasteiger partial charge in [0.05, 0.1) is 12.8 Å². The molecule has 0 spiro atoms. The van der Waals surface area contributed by atoms with Gasteiger partial charge in [0, 0.05) is 0 Å². The minimum atomic E-state index is -2.27. The third-order valence-electron chi connectivity index (χ3n) is 1.25. The van der Waals surface area contributed by atoms with E-state index < -0.39 is 35.6 Å². The van der Waals surface area contributed by atoms with Gasteiger partial charge in [-0.15, -0.1) is 11.6 Å². The van der Waals surface area contributed by atoms with Crippen molar-refractivity contribution < 1.29 is 29.7 Å². The van der Waals surface area contributed by atoms with Gasteiger partial charge in [-0.05, 0) is 0 Å². The molecule has 0 saturated carbocycles. The molecule has 0 bridgehead atoms. The molecular weight excluding hydrogens is 204 g/mol. The van der Waals surface area contributed by atoms with Crippen LogP contribution in [0.1, 0.15) is 12.8 Å². The number of carboxylic acid groups (broad SMARTS) is 3. The first-order chi connectivity index (χ1) is 5.78. The van der Waals surface area contributed by atoms with E-state index in [1.807, 2.05) is 0 Å². The van der Waals surface area contributed by atoms with Gasteiger partial charge in [-0.1, -0.05) is 0 Å². The topological polar surface area (TPSA) is 112 Å². The van der Waals surface area contributed by atoms with Crippen molar-refractivity contribution in [3.63, 3.8) is 0 Å². The summed E-state index contributed by atoms with van der Waals surface area (Å²) in [6, 6.07) is 0. The molecule has 0 saturated heterocycles. The van der Waals surface area contributed by atoms with Crippen molar-refractivity contribution in [1.29, 1.82) is 0 Å². The molecule has 0 amide bonds. The first kappa shape index (κ1) is 11.7. The fourth-order valence-electron chi connectivity index (χ4n) is 0.693. The lowest BCUT2D eigenvalue weighted by Crippen LogP contribution is -2.37. The summed E-state index contributed by atoms with van der Waals surface area (Å²) in [5.74, 6) is -4.57. The molecule has 0 aromatic rings. The van der Waals surface area contributed by atoms with E-state index in [1.165, 1.54) is 0 Å². The Morgan fingerprint density at radius 1 is 1.00 bits per heavy atom. The number of aliphatic carboxylic acids is 3. The predicted molar refractivity (Wildman–Crippen MR) is 40.7 cm³/mol. The lowest BCUT2D eigenvalue weighted by atomic mass is 10.0. The first-order valence-electron chi connectivity index (χ1n) is 3.14. The minimum Gasteiger partial charge on any atom is -0.481 e. The summed E-state index contributed by atoms with van der Waals surface area (Å²) in [5, 5.41) is 25.0. The van der Waals surface area contributed by atoms with E-state index in [0.29, 0.717) is 0 Å². The molecule has 0 aliphatic rings. The fraction of sp³-hybridized carbons (Fsp3) is 0.500. The summed E-state index contributed by atoms with van der Waals surface area (Å²) >= 11 is 5.30. The maximum Gasteiger partial charge on any atom is 0.325 e. The molecule has 0 aromatic carbocycles. The molecule has 0 atom stereocenters. The van der Waals surface area contributed by atoms with Crippen LogP contribution in [-0.4, -0.2) is 38.1 Å². The Morgan fingerprint density at radius 2 is 1.31 bits per heavy atom. The number of halogens is 1. The third-order valence-corrected chi connectivity index (χ3v) is 1.68. The van der Waals surface area contributed by atoms with Crippen LogP contribution in [0, 0.1) is 0 Å². The van der Waals surface area contributed by atoms with Crippen molar-refractivity contribution in [3.05, 3.63) is 0 Å². The Balaban J connectivity index is 4.62. The van der Waals surface area contributed by atoms with Crippen LogP contribution >= 0.6 is 11.6 Å². The molecule has 0 radical (unpaired) electrons. The smallest absolute Gasteiger partial charge is 0.325 e. The monoisotopic (exact) mass is 210 g/mol. The Bertz CT molecular complexity index is 232. The van der Waals surface area contributed by atoms with Crippen molar-refractivity contribution >= 4 is 29.5 Å². The maximum atomic E-state index is 10.4. The molecule has 0 aliphatic carbocycles. The summed E-state index contributed by atoms with van der Waals surface area (Å²) < 4.78 is 0. The molecule has 13 heavy (non-hydrogen) atoms. The summed E-state index contributed by atoms with van der Waals surface area (Å²) in [6.45, 7) is 0. The third kappa shape index (κ3) is 3.75. The number of carbonyl (C=O) groups is 3. The molecule has 7 heteroatoms. The predicted octanol–water partition coefficient (Wildman–Crippen LogP) is -0.00200. The molecule has 3 N–H and O–H groups in total. The quantitative estimate of drug-likeness (QED) is 0.551. The second-order valence-electron chi connectivity index (χ2n) is 2.41. The summed E-state index contributed by atoms with van der Waals surface area (Å²) in [6.07, 6.45) is -1.87. The first-order valence-corrected chi connectivity index (χ1v) is 3.51. The van der Waals surface area contributed by atoms with Gasteiger partial charge in [0.25, 0.3) is 0 Å². The normalized spacial score (nSPS) is 10.8. The lowest BCUT2D eigenvalue weighted by molar-refractivity contribution is -0.150. The molecule has 0 rings (SSSR count). The number of alkyl halides is 1. The van der Waals surface area contributed by atoms with Gasteiger partial charge in [-0.2, -0.15) is 0 Å². The second kappa shape index (κ2) is 4.08. The highest BCUT2D eigenvalue weighted by molar-refractivity contribution is 6.35. The van der Waals surface area contributed by atoms with E-state index in [4.69, 9.17) is 26.9 Å². The van der Waals surface area contributed by atoms with Gasteiger partial charge in [0.1, 0.15) is 0 Å². The Hall–Kier alpha value is -1.30. The highest BCUT2D eigenvalue weighted by atomic mass is 35.5. The molecule has 0 unspecified atom stereocenters. The van der Waals surface area contributed by atoms with Crippen LogP contribution < -0.4 is 0 Å². The minimum absolute atomic E-state index is 0.934. The van der Waals surface area contributed by atoms with Crippen LogP contribution in [0.15, 0.2) is 0 Å². The Labute approximate surface area is 77.7 Å². The number of carboxylic acids is 3. The summed E-state index contributed by atoms with van der Waals surface area (Å²) in [5.41, 5.74) is 0. The van der Waals surface area contributed by atoms with E-state index in [2.05, 4.69) is 0 Å². The van der Waals surface area contributed by atoms with Crippen molar-refractivity contribution in [3.8, 4) is 0 Å². The fourth-order valence-corrected chi connectivity index (χ4v) is 0.922.